The molecule has 0 spiro atoms. The Kier molecular flexibility index (Phi) is 5.28. The lowest BCUT2D eigenvalue weighted by molar-refractivity contribution is 0.519. The fourth-order valence-corrected chi connectivity index (χ4v) is 2.71. The molecule has 0 saturated carbocycles. The first-order valence-electron chi connectivity index (χ1n) is 6.00. The quantitative estimate of drug-likeness (QED) is 0.864. The molecule has 0 bridgehead atoms. The van der Waals surface area contributed by atoms with Crippen molar-refractivity contribution in [2.24, 2.45) is 0 Å². The smallest absolute Gasteiger partial charge is 0.149 e. The summed E-state index contributed by atoms with van der Waals surface area (Å²) in [6.07, 6.45) is 2.04. The molecule has 0 saturated heterocycles. The monoisotopic (exact) mass is 273 g/mol. The van der Waals surface area contributed by atoms with Crippen LogP contribution in [0.15, 0.2) is 18.2 Å². The highest BCUT2D eigenvalue weighted by molar-refractivity contribution is 7.90. The van der Waals surface area contributed by atoms with Crippen LogP contribution in [0.5, 0.6) is 0 Å². The van der Waals surface area contributed by atoms with Gasteiger partial charge in [-0.25, -0.2) is 12.8 Å². The maximum Gasteiger partial charge on any atom is 0.149 e. The van der Waals surface area contributed by atoms with Crippen LogP contribution >= 0.6 is 0 Å². The number of benzene rings is 1. The van der Waals surface area contributed by atoms with E-state index in [-0.39, 0.29) is 11.6 Å². The SMILES string of the molecule is CCCNC(CS(C)(=O)=O)c1cc(C)ccc1F. The number of hydrogen-bond acceptors (Lipinski definition) is 3. The van der Waals surface area contributed by atoms with Gasteiger partial charge in [-0.05, 0) is 26.0 Å². The molecule has 1 unspecified atom stereocenters. The summed E-state index contributed by atoms with van der Waals surface area (Å²) in [6.45, 7) is 4.50. The standard InChI is InChI=1S/C13H20FNO2S/c1-4-7-15-13(9-18(3,16)17)11-8-10(2)5-6-12(11)14/h5-6,8,13,15H,4,7,9H2,1-3H3. The van der Waals surface area contributed by atoms with Crippen molar-refractivity contribution in [1.82, 2.24) is 5.32 Å². The molecule has 0 aliphatic heterocycles. The Morgan fingerprint density at radius 2 is 2.06 bits per heavy atom. The Labute approximate surface area is 108 Å². The first-order chi connectivity index (χ1) is 8.33. The zero-order chi connectivity index (χ0) is 13.8. The molecule has 0 aliphatic rings. The molecule has 1 aromatic carbocycles. The Morgan fingerprint density at radius 3 is 2.61 bits per heavy atom. The van der Waals surface area contributed by atoms with Gasteiger partial charge in [0.15, 0.2) is 0 Å². The second-order valence-electron chi connectivity index (χ2n) is 4.62. The third-order valence-electron chi connectivity index (χ3n) is 2.64. The van der Waals surface area contributed by atoms with Crippen LogP contribution in [0.25, 0.3) is 0 Å². The zero-order valence-corrected chi connectivity index (χ0v) is 11.8. The molecule has 5 heteroatoms. The summed E-state index contributed by atoms with van der Waals surface area (Å²) in [4.78, 5) is 0. The average Bonchev–Trinajstić information content (AvgIpc) is 2.26. The van der Waals surface area contributed by atoms with E-state index in [0.29, 0.717) is 12.1 Å². The van der Waals surface area contributed by atoms with E-state index in [1.165, 1.54) is 12.3 Å². The summed E-state index contributed by atoms with van der Waals surface area (Å²) < 4.78 is 36.6. The van der Waals surface area contributed by atoms with E-state index in [9.17, 15) is 12.8 Å². The maximum atomic E-state index is 13.8. The van der Waals surface area contributed by atoms with Crippen LogP contribution in [0.2, 0.25) is 0 Å². The van der Waals surface area contributed by atoms with Gasteiger partial charge in [-0.3, -0.25) is 0 Å². The van der Waals surface area contributed by atoms with Gasteiger partial charge >= 0.3 is 0 Å². The molecule has 0 heterocycles. The minimum atomic E-state index is -3.16. The minimum absolute atomic E-state index is 0.0899. The van der Waals surface area contributed by atoms with Crippen LogP contribution in [-0.2, 0) is 9.84 Å². The molecule has 1 atom stereocenters. The minimum Gasteiger partial charge on any atom is -0.309 e. The predicted molar refractivity (Wildman–Crippen MR) is 71.9 cm³/mol. The van der Waals surface area contributed by atoms with Gasteiger partial charge in [0.2, 0.25) is 0 Å². The highest BCUT2D eigenvalue weighted by Crippen LogP contribution is 2.20. The molecule has 3 nitrogen and oxygen atoms in total. The van der Waals surface area contributed by atoms with Gasteiger partial charge in [0.1, 0.15) is 15.7 Å². The van der Waals surface area contributed by atoms with E-state index < -0.39 is 15.9 Å². The fraction of sp³-hybridized carbons (Fsp3) is 0.538. The topological polar surface area (TPSA) is 46.2 Å². The third-order valence-corrected chi connectivity index (χ3v) is 3.58. The van der Waals surface area contributed by atoms with Crippen molar-refractivity contribution in [2.75, 3.05) is 18.6 Å². The van der Waals surface area contributed by atoms with Crippen molar-refractivity contribution in [3.8, 4) is 0 Å². The molecular weight excluding hydrogens is 253 g/mol. The Balaban J connectivity index is 3.04. The molecule has 0 radical (unpaired) electrons. The third kappa shape index (κ3) is 4.74. The van der Waals surface area contributed by atoms with E-state index in [1.54, 1.807) is 12.1 Å². The summed E-state index contributed by atoms with van der Waals surface area (Å²) in [5, 5.41) is 3.09. The van der Waals surface area contributed by atoms with Gasteiger partial charge in [-0.1, -0.05) is 24.6 Å². The van der Waals surface area contributed by atoms with Crippen molar-refractivity contribution in [1.29, 1.82) is 0 Å². The summed E-state index contributed by atoms with van der Waals surface area (Å²) in [5.74, 6) is -0.453. The number of hydrogen-bond donors (Lipinski definition) is 1. The lowest BCUT2D eigenvalue weighted by atomic mass is 10.0. The first kappa shape index (κ1) is 15.1. The van der Waals surface area contributed by atoms with E-state index in [4.69, 9.17) is 0 Å². The maximum absolute atomic E-state index is 13.8. The van der Waals surface area contributed by atoms with E-state index >= 15 is 0 Å². The lowest BCUT2D eigenvalue weighted by Crippen LogP contribution is -2.29. The first-order valence-corrected chi connectivity index (χ1v) is 8.06. The Hall–Kier alpha value is -0.940. The predicted octanol–water partition coefficient (Wildman–Crippen LogP) is 2.22. The molecule has 0 aliphatic carbocycles. The zero-order valence-electron chi connectivity index (χ0n) is 11.0. The lowest BCUT2D eigenvalue weighted by Gasteiger charge is -2.19. The van der Waals surface area contributed by atoms with Crippen LogP contribution in [-0.4, -0.2) is 27.0 Å². The van der Waals surface area contributed by atoms with Crippen molar-refractivity contribution >= 4 is 9.84 Å². The molecule has 1 aromatic rings. The van der Waals surface area contributed by atoms with Crippen LogP contribution in [0.4, 0.5) is 4.39 Å². The molecule has 1 N–H and O–H groups in total. The number of halogens is 1. The van der Waals surface area contributed by atoms with Crippen LogP contribution < -0.4 is 5.32 Å². The van der Waals surface area contributed by atoms with E-state index in [0.717, 1.165) is 12.0 Å². The average molecular weight is 273 g/mol. The molecule has 1 rings (SSSR count). The van der Waals surface area contributed by atoms with Crippen molar-refractivity contribution in [3.63, 3.8) is 0 Å². The van der Waals surface area contributed by atoms with Gasteiger partial charge in [0, 0.05) is 17.9 Å². The normalized spacial score (nSPS) is 13.6. The van der Waals surface area contributed by atoms with Crippen LogP contribution in [0.1, 0.15) is 30.5 Å². The highest BCUT2D eigenvalue weighted by atomic mass is 32.2. The Bertz CT molecular complexity index is 500. The largest absolute Gasteiger partial charge is 0.309 e. The van der Waals surface area contributed by atoms with Gasteiger partial charge in [-0.15, -0.1) is 0 Å². The van der Waals surface area contributed by atoms with Gasteiger partial charge in [0.05, 0.1) is 5.75 Å². The number of aryl methyl sites for hydroxylation is 1. The molecule has 0 fully saturated rings. The van der Waals surface area contributed by atoms with Crippen LogP contribution in [0.3, 0.4) is 0 Å². The van der Waals surface area contributed by atoms with Crippen molar-refractivity contribution < 1.29 is 12.8 Å². The van der Waals surface area contributed by atoms with Crippen molar-refractivity contribution in [2.45, 2.75) is 26.3 Å². The summed E-state index contributed by atoms with van der Waals surface area (Å²) in [7, 11) is -3.16. The molecule has 0 amide bonds. The number of rotatable bonds is 6. The summed E-state index contributed by atoms with van der Waals surface area (Å²) in [5.41, 5.74) is 1.34. The molecule has 18 heavy (non-hydrogen) atoms. The van der Waals surface area contributed by atoms with Crippen molar-refractivity contribution in [3.05, 3.63) is 35.1 Å². The second-order valence-corrected chi connectivity index (χ2v) is 6.81. The molecule has 0 aromatic heterocycles. The summed E-state index contributed by atoms with van der Waals surface area (Å²) in [6, 6.07) is 4.28. The number of nitrogens with one attached hydrogen (secondary N) is 1. The van der Waals surface area contributed by atoms with Gasteiger partial charge < -0.3 is 5.32 Å². The fourth-order valence-electron chi connectivity index (χ4n) is 1.81. The van der Waals surface area contributed by atoms with Crippen LogP contribution in [0, 0.1) is 12.7 Å². The van der Waals surface area contributed by atoms with Gasteiger partial charge in [0.25, 0.3) is 0 Å². The molecule has 102 valence electrons. The highest BCUT2D eigenvalue weighted by Gasteiger charge is 2.20. The van der Waals surface area contributed by atoms with Gasteiger partial charge in [-0.2, -0.15) is 0 Å². The second kappa shape index (κ2) is 6.29. The number of sulfone groups is 1. The Morgan fingerprint density at radius 1 is 1.39 bits per heavy atom. The van der Waals surface area contributed by atoms with E-state index in [2.05, 4.69) is 5.32 Å². The summed E-state index contributed by atoms with van der Waals surface area (Å²) >= 11 is 0. The molecular formula is C13H20FNO2S. The van der Waals surface area contributed by atoms with E-state index in [1.807, 2.05) is 13.8 Å².